The van der Waals surface area contributed by atoms with Gasteiger partial charge in [-0.05, 0) is 46.8 Å². The first-order valence-corrected chi connectivity index (χ1v) is 8.33. The van der Waals surface area contributed by atoms with Gasteiger partial charge in [0.05, 0.1) is 0 Å². The maximum atomic E-state index is 3.33. The molecule has 2 aliphatic rings. The van der Waals surface area contributed by atoms with Gasteiger partial charge in [0, 0.05) is 31.2 Å². The van der Waals surface area contributed by atoms with Crippen molar-refractivity contribution >= 4 is 0 Å². The molecular formula is C16H33N3. The summed E-state index contributed by atoms with van der Waals surface area (Å²) in [5.74, 6) is 0. The molecule has 1 N–H and O–H groups in total. The lowest BCUT2D eigenvalue weighted by Gasteiger charge is -2.47. The highest BCUT2D eigenvalue weighted by molar-refractivity contribution is 4.90. The van der Waals surface area contributed by atoms with Gasteiger partial charge in [-0.3, -0.25) is 4.90 Å². The molecule has 19 heavy (non-hydrogen) atoms. The van der Waals surface area contributed by atoms with Gasteiger partial charge in [-0.2, -0.15) is 0 Å². The van der Waals surface area contributed by atoms with E-state index in [0.29, 0.717) is 6.04 Å². The Morgan fingerprint density at radius 1 is 1.05 bits per heavy atom. The van der Waals surface area contributed by atoms with Gasteiger partial charge in [-0.1, -0.05) is 25.7 Å². The van der Waals surface area contributed by atoms with Crippen LogP contribution in [0.2, 0.25) is 0 Å². The summed E-state index contributed by atoms with van der Waals surface area (Å²) in [7, 11) is 4.37. The molecule has 112 valence electrons. The number of piperazine rings is 1. The Morgan fingerprint density at radius 3 is 2.37 bits per heavy atom. The fourth-order valence-electron chi connectivity index (χ4n) is 3.82. The molecule has 2 unspecified atom stereocenters. The van der Waals surface area contributed by atoms with Crippen LogP contribution in [-0.4, -0.2) is 61.7 Å². The van der Waals surface area contributed by atoms with Gasteiger partial charge in [0.15, 0.2) is 0 Å². The molecule has 0 amide bonds. The predicted octanol–water partition coefficient (Wildman–Crippen LogP) is 2.32. The zero-order valence-electron chi connectivity index (χ0n) is 13.2. The maximum Gasteiger partial charge on any atom is 0.0238 e. The Morgan fingerprint density at radius 2 is 1.74 bits per heavy atom. The van der Waals surface area contributed by atoms with Crippen molar-refractivity contribution in [3.63, 3.8) is 0 Å². The molecule has 1 heterocycles. The zero-order valence-corrected chi connectivity index (χ0v) is 13.2. The third kappa shape index (κ3) is 4.17. The molecule has 0 aromatic heterocycles. The first kappa shape index (κ1) is 15.3. The largest absolute Gasteiger partial charge is 0.320 e. The van der Waals surface area contributed by atoms with Gasteiger partial charge in [0.1, 0.15) is 0 Å². The second-order valence-corrected chi connectivity index (χ2v) is 6.68. The summed E-state index contributed by atoms with van der Waals surface area (Å²) in [6.07, 6.45) is 9.99. The van der Waals surface area contributed by atoms with Crippen LogP contribution in [0, 0.1) is 0 Å². The Balaban J connectivity index is 1.99. The molecule has 3 nitrogen and oxygen atoms in total. The zero-order chi connectivity index (χ0) is 13.7. The Hall–Kier alpha value is -0.120. The lowest BCUT2D eigenvalue weighted by Crippen LogP contribution is -2.59. The van der Waals surface area contributed by atoms with Crippen LogP contribution in [0.15, 0.2) is 0 Å². The van der Waals surface area contributed by atoms with Crippen molar-refractivity contribution in [2.24, 2.45) is 0 Å². The summed E-state index contributed by atoms with van der Waals surface area (Å²) >= 11 is 0. The maximum absolute atomic E-state index is 3.33. The first-order chi connectivity index (χ1) is 9.22. The van der Waals surface area contributed by atoms with Crippen LogP contribution in [-0.2, 0) is 0 Å². The summed E-state index contributed by atoms with van der Waals surface area (Å²) in [6.45, 7) is 6.06. The normalized spacial score (nSPS) is 32.4. The van der Waals surface area contributed by atoms with Crippen molar-refractivity contribution in [3.8, 4) is 0 Å². The van der Waals surface area contributed by atoms with Crippen LogP contribution in [0.4, 0.5) is 0 Å². The third-order valence-corrected chi connectivity index (χ3v) is 5.22. The van der Waals surface area contributed by atoms with Gasteiger partial charge >= 0.3 is 0 Å². The Kier molecular flexibility index (Phi) is 6.11. The van der Waals surface area contributed by atoms with E-state index in [-0.39, 0.29) is 0 Å². The third-order valence-electron chi connectivity index (χ3n) is 5.22. The number of hydrogen-bond acceptors (Lipinski definition) is 3. The van der Waals surface area contributed by atoms with E-state index < -0.39 is 0 Å². The molecule has 3 heteroatoms. The number of nitrogens with zero attached hydrogens (tertiary/aromatic N) is 2. The van der Waals surface area contributed by atoms with Crippen LogP contribution in [0.1, 0.15) is 51.9 Å². The van der Waals surface area contributed by atoms with Gasteiger partial charge in [-0.15, -0.1) is 0 Å². The lowest BCUT2D eigenvalue weighted by atomic mass is 9.98. The standard InChI is InChI=1S/C16H33N3/c1-14-12-19(15-8-6-4-5-7-9-15)16(10-11-17-2)13-18(14)3/h14-17H,4-13H2,1-3H3. The second kappa shape index (κ2) is 7.61. The lowest BCUT2D eigenvalue weighted by molar-refractivity contribution is 0.0124. The number of nitrogens with one attached hydrogen (secondary N) is 1. The summed E-state index contributed by atoms with van der Waals surface area (Å²) < 4.78 is 0. The smallest absolute Gasteiger partial charge is 0.0238 e. The molecule has 2 fully saturated rings. The van der Waals surface area contributed by atoms with E-state index in [0.717, 1.165) is 18.6 Å². The van der Waals surface area contributed by atoms with Crippen LogP contribution in [0.5, 0.6) is 0 Å². The molecule has 1 aliphatic heterocycles. The molecule has 1 aliphatic carbocycles. The fraction of sp³-hybridized carbons (Fsp3) is 1.00. The van der Waals surface area contributed by atoms with E-state index in [4.69, 9.17) is 0 Å². The van der Waals surface area contributed by atoms with E-state index in [1.54, 1.807) is 0 Å². The molecule has 2 atom stereocenters. The minimum atomic E-state index is 0.717. The van der Waals surface area contributed by atoms with Crippen molar-refractivity contribution in [3.05, 3.63) is 0 Å². The summed E-state index contributed by atoms with van der Waals surface area (Å²) in [6, 6.07) is 2.34. The van der Waals surface area contributed by atoms with Crippen molar-refractivity contribution < 1.29 is 0 Å². The Bertz CT molecular complexity index is 248. The van der Waals surface area contributed by atoms with Gasteiger partial charge in [0.2, 0.25) is 0 Å². The quantitative estimate of drug-likeness (QED) is 0.789. The minimum Gasteiger partial charge on any atom is -0.320 e. The van der Waals surface area contributed by atoms with Gasteiger partial charge < -0.3 is 10.2 Å². The summed E-state index contributed by atoms with van der Waals surface area (Å²) in [5, 5.41) is 3.33. The first-order valence-electron chi connectivity index (χ1n) is 8.33. The van der Waals surface area contributed by atoms with Crippen molar-refractivity contribution in [1.29, 1.82) is 0 Å². The molecule has 0 bridgehead atoms. The molecule has 2 rings (SSSR count). The topological polar surface area (TPSA) is 18.5 Å². The van der Waals surface area contributed by atoms with Crippen LogP contribution >= 0.6 is 0 Å². The molecule has 0 spiro atoms. The fourth-order valence-corrected chi connectivity index (χ4v) is 3.82. The van der Waals surface area contributed by atoms with Gasteiger partial charge in [0.25, 0.3) is 0 Å². The van der Waals surface area contributed by atoms with Gasteiger partial charge in [-0.25, -0.2) is 0 Å². The van der Waals surface area contributed by atoms with E-state index in [9.17, 15) is 0 Å². The highest BCUT2D eigenvalue weighted by Gasteiger charge is 2.33. The van der Waals surface area contributed by atoms with Crippen LogP contribution < -0.4 is 5.32 Å². The molecular weight excluding hydrogens is 234 g/mol. The molecule has 1 saturated carbocycles. The van der Waals surface area contributed by atoms with Crippen molar-refractivity contribution in [2.45, 2.75) is 70.0 Å². The predicted molar refractivity (Wildman–Crippen MR) is 82.6 cm³/mol. The summed E-state index contributed by atoms with van der Waals surface area (Å²) in [5.41, 5.74) is 0. The second-order valence-electron chi connectivity index (χ2n) is 6.68. The van der Waals surface area contributed by atoms with Crippen LogP contribution in [0.3, 0.4) is 0 Å². The SMILES string of the molecule is CNCCC1CN(C)C(C)CN1C1CCCCCC1. The van der Waals surface area contributed by atoms with E-state index in [1.807, 2.05) is 0 Å². The average molecular weight is 267 g/mol. The number of likely N-dealkylation sites (N-methyl/N-ethyl adjacent to an activating group) is 1. The number of hydrogen-bond donors (Lipinski definition) is 1. The molecule has 0 radical (unpaired) electrons. The highest BCUT2D eigenvalue weighted by atomic mass is 15.3. The van der Waals surface area contributed by atoms with Crippen molar-refractivity contribution in [2.75, 3.05) is 33.7 Å². The summed E-state index contributed by atoms with van der Waals surface area (Å²) in [4.78, 5) is 5.42. The van der Waals surface area contributed by atoms with Crippen molar-refractivity contribution in [1.82, 2.24) is 15.1 Å². The molecule has 0 aromatic rings. The molecule has 1 saturated heterocycles. The van der Waals surface area contributed by atoms with E-state index >= 15 is 0 Å². The van der Waals surface area contributed by atoms with E-state index in [1.165, 1.54) is 58.0 Å². The van der Waals surface area contributed by atoms with E-state index in [2.05, 4.69) is 36.1 Å². The Labute approximate surface area is 119 Å². The molecule has 0 aromatic carbocycles. The average Bonchev–Trinajstić information content (AvgIpc) is 2.68. The minimum absolute atomic E-state index is 0.717. The number of rotatable bonds is 4. The monoisotopic (exact) mass is 267 g/mol. The highest BCUT2D eigenvalue weighted by Crippen LogP contribution is 2.27. The van der Waals surface area contributed by atoms with Crippen LogP contribution in [0.25, 0.3) is 0 Å².